The fraction of sp³-hybridized carbons (Fsp3) is 0.833. The number of hydrogen-bond donors (Lipinski definition) is 10. The van der Waals surface area contributed by atoms with Gasteiger partial charge in [0.1, 0.15) is 6.10 Å². The number of ether oxygens (including phenoxy) is 1. The fourth-order valence-corrected chi connectivity index (χ4v) is 17.1. The molecule has 11 N–H and O–H groups in total. The van der Waals surface area contributed by atoms with E-state index in [1.165, 1.54) is 19.3 Å². The van der Waals surface area contributed by atoms with Crippen LogP contribution in [0.3, 0.4) is 0 Å². The van der Waals surface area contributed by atoms with E-state index < -0.39 is 70.3 Å². The van der Waals surface area contributed by atoms with Gasteiger partial charge in [0.25, 0.3) is 0 Å². The fourth-order valence-electron chi connectivity index (χ4n) is 17.1. The van der Waals surface area contributed by atoms with Crippen LogP contribution in [0.1, 0.15) is 150 Å². The zero-order valence-corrected chi connectivity index (χ0v) is 40.4. The van der Waals surface area contributed by atoms with Crippen LogP contribution in [0.15, 0.2) is 46.8 Å². The lowest BCUT2D eigenvalue weighted by Gasteiger charge is -2.66. The van der Waals surface area contributed by atoms with Crippen molar-refractivity contribution >= 4 is 5.78 Å². The number of aliphatic hydroxyl groups excluding tert-OH is 5. The average molecular weight is 920 g/mol. The van der Waals surface area contributed by atoms with Gasteiger partial charge in [-0.1, -0.05) is 70.6 Å². The molecule has 19 atom stereocenters. The lowest BCUT2D eigenvalue weighted by atomic mass is 9.39. The Morgan fingerprint density at radius 3 is 2.48 bits per heavy atom. The maximum Gasteiger partial charge on any atom is 0.182 e. The second-order valence-electron chi connectivity index (χ2n) is 23.5. The molecule has 1 saturated heterocycles. The van der Waals surface area contributed by atoms with Crippen LogP contribution in [0, 0.1) is 64.1 Å². The molecule has 2 heterocycles. The van der Waals surface area contributed by atoms with Crippen molar-refractivity contribution in [2.45, 2.75) is 204 Å². The first-order valence-corrected chi connectivity index (χ1v) is 26.6. The van der Waals surface area contributed by atoms with Crippen LogP contribution in [-0.4, -0.2) is 109 Å². The summed E-state index contributed by atoms with van der Waals surface area (Å²) < 4.78 is 6.92. The topological polar surface area (TPSA) is 218 Å². The highest BCUT2D eigenvalue weighted by Crippen LogP contribution is 2.75. The molecule has 0 amide bonds. The number of allylic oxidation sites excluding steroid dienone is 6. The summed E-state index contributed by atoms with van der Waals surface area (Å²) in [6.07, 6.45) is 18.2. The molecule has 12 nitrogen and oxygen atoms in total. The lowest BCUT2D eigenvalue weighted by molar-refractivity contribution is -0.225. The molecule has 5 saturated carbocycles. The molecule has 0 aromatic heterocycles. The van der Waals surface area contributed by atoms with Crippen LogP contribution < -0.4 is 16.4 Å². The maximum atomic E-state index is 15.7. The molecule has 9 aliphatic rings. The van der Waals surface area contributed by atoms with Crippen LogP contribution in [0.25, 0.3) is 0 Å². The van der Waals surface area contributed by atoms with E-state index in [0.29, 0.717) is 61.6 Å². The number of aliphatic hydroxyl groups is 7. The maximum absolute atomic E-state index is 15.7. The molecular formula is C54H85N3O9. The Balaban J connectivity index is 1.20. The van der Waals surface area contributed by atoms with Gasteiger partial charge in [0.05, 0.1) is 53.6 Å². The van der Waals surface area contributed by atoms with Gasteiger partial charge in [-0.05, 0) is 161 Å². The molecule has 2 aliphatic heterocycles. The highest BCUT2D eigenvalue weighted by molar-refractivity contribution is 6.00. The van der Waals surface area contributed by atoms with Crippen molar-refractivity contribution in [3.05, 3.63) is 46.8 Å². The van der Waals surface area contributed by atoms with E-state index in [9.17, 15) is 35.7 Å². The Kier molecular flexibility index (Phi) is 14.0. The number of Topliss-reactive ketones (excluding diaryl/α,β-unsaturated/α-hetero) is 1. The van der Waals surface area contributed by atoms with E-state index in [2.05, 4.69) is 42.7 Å². The van der Waals surface area contributed by atoms with E-state index in [0.717, 1.165) is 62.6 Å². The van der Waals surface area contributed by atoms with Crippen LogP contribution in [0.2, 0.25) is 0 Å². The molecule has 0 radical (unpaired) electrons. The lowest BCUT2D eigenvalue weighted by Crippen LogP contribution is -2.69. The molecule has 0 aromatic carbocycles. The Labute approximate surface area is 394 Å². The second kappa shape index (κ2) is 18.9. The highest BCUT2D eigenvalue weighted by Gasteiger charge is 2.76. The van der Waals surface area contributed by atoms with E-state index in [4.69, 9.17) is 10.5 Å². The summed E-state index contributed by atoms with van der Waals surface area (Å²) in [7, 11) is 0. The van der Waals surface area contributed by atoms with Gasteiger partial charge in [0.2, 0.25) is 0 Å². The minimum atomic E-state index is -1.65. The number of nitrogens with one attached hydrogen (secondary N) is 2. The van der Waals surface area contributed by atoms with E-state index in [1.807, 2.05) is 13.0 Å². The summed E-state index contributed by atoms with van der Waals surface area (Å²) in [6.45, 7) is 8.06. The number of rotatable bonds is 13. The third-order valence-corrected chi connectivity index (χ3v) is 19.9. The Hall–Kier alpha value is -2.13. The van der Waals surface area contributed by atoms with Gasteiger partial charge >= 0.3 is 0 Å². The van der Waals surface area contributed by atoms with Crippen molar-refractivity contribution in [2.75, 3.05) is 13.2 Å². The third kappa shape index (κ3) is 7.94. The highest BCUT2D eigenvalue weighted by atomic mass is 16.5. The number of ketones is 1. The van der Waals surface area contributed by atoms with Crippen LogP contribution in [-0.2, 0) is 9.53 Å². The summed E-state index contributed by atoms with van der Waals surface area (Å²) in [5, 5.41) is 91.6. The molecule has 0 bridgehead atoms. The zero-order valence-electron chi connectivity index (χ0n) is 40.4. The predicted molar refractivity (Wildman–Crippen MR) is 253 cm³/mol. The Morgan fingerprint density at radius 2 is 1.76 bits per heavy atom. The summed E-state index contributed by atoms with van der Waals surface area (Å²) in [4.78, 5) is 15.7. The van der Waals surface area contributed by atoms with Gasteiger partial charge in [-0.15, -0.1) is 0 Å². The summed E-state index contributed by atoms with van der Waals surface area (Å²) in [6, 6.07) is 0. The van der Waals surface area contributed by atoms with Gasteiger partial charge in [0, 0.05) is 36.1 Å². The molecule has 370 valence electrons. The molecule has 6 fully saturated rings. The smallest absolute Gasteiger partial charge is 0.182 e. The van der Waals surface area contributed by atoms with E-state index >= 15 is 4.79 Å². The summed E-state index contributed by atoms with van der Waals surface area (Å²) in [5.74, 6) is -1.18. The quantitative estimate of drug-likeness (QED) is 0.105. The van der Waals surface area contributed by atoms with Gasteiger partial charge in [0.15, 0.2) is 5.78 Å². The molecule has 66 heavy (non-hydrogen) atoms. The van der Waals surface area contributed by atoms with Crippen molar-refractivity contribution < 1.29 is 45.3 Å². The van der Waals surface area contributed by atoms with Crippen LogP contribution in [0.4, 0.5) is 0 Å². The molecule has 12 heteroatoms. The molecule has 1 spiro atoms. The molecule has 9 rings (SSSR count). The van der Waals surface area contributed by atoms with Gasteiger partial charge in [-0.2, -0.15) is 0 Å². The standard InChI is InChI=1S/C54H85N3O9/c1-5-10-32-14-18-36-31(3)49(66-42(36)20-15-32)50(63)51(4,64)43-22-23-54(65)46-45-34(27-53(43,54)35-11-7-6-8-12-35)17-16-33(37-19-21-44(55)57-39(37)13-9-24-58)26-52(45)28-41(61)40(60)25-38(52)48(62)47(46)56-29-30(2)59/h16-17,19,21,30-36,38,40-45,49-50,56-61,63-65H,5-15,18,20,22-29,55H2,1-4H3/t30-,31-,32+,33+,34+,36-,38-,40+,41-,42+,43+,44?,45-,49+,50+,51+,52-,53-,54+/m0/s1. The van der Waals surface area contributed by atoms with Crippen molar-refractivity contribution in [1.29, 1.82) is 0 Å². The minimum absolute atomic E-state index is 0.00726. The number of dihydropyridines is 1. The first-order chi connectivity index (χ1) is 31.5. The Bertz CT molecular complexity index is 1910. The largest absolute Gasteiger partial charge is 0.396 e. The first-order valence-electron chi connectivity index (χ1n) is 26.6. The van der Waals surface area contributed by atoms with Crippen LogP contribution >= 0.6 is 0 Å². The van der Waals surface area contributed by atoms with Crippen LogP contribution in [0.5, 0.6) is 0 Å². The third-order valence-electron chi connectivity index (χ3n) is 19.9. The number of carbonyl (C=O) groups is 1. The van der Waals surface area contributed by atoms with Crippen molar-refractivity contribution in [1.82, 2.24) is 10.6 Å². The van der Waals surface area contributed by atoms with Crippen molar-refractivity contribution in [3.8, 4) is 0 Å². The average Bonchev–Trinajstić information content (AvgIpc) is 3.62. The number of carbonyl (C=O) groups excluding carboxylic acids is 1. The second-order valence-corrected chi connectivity index (χ2v) is 23.5. The van der Waals surface area contributed by atoms with Gasteiger partial charge < -0.3 is 56.8 Å². The van der Waals surface area contributed by atoms with Gasteiger partial charge in [-0.25, -0.2) is 0 Å². The Morgan fingerprint density at radius 1 is 1.00 bits per heavy atom. The molecule has 7 aliphatic carbocycles. The van der Waals surface area contributed by atoms with Gasteiger partial charge in [-0.3, -0.25) is 4.79 Å². The molecule has 1 unspecified atom stereocenters. The van der Waals surface area contributed by atoms with E-state index in [1.54, 1.807) is 6.92 Å². The molecular weight excluding hydrogens is 835 g/mol. The molecule has 0 aromatic rings. The number of fused-ring (bicyclic) bond motifs is 3. The first kappa shape index (κ1) is 48.9. The summed E-state index contributed by atoms with van der Waals surface area (Å²) >= 11 is 0. The minimum Gasteiger partial charge on any atom is -0.396 e. The SMILES string of the molecule is CCC[C@@H]1CC[C@H]2[C@H](C)[C@H]([C@@H](O)[C@](C)(O)[C@H]3CC[C@@]4(O)C5=C(NC[C@H](C)O)C(=O)[C@@H]6C[C@@H](O)[C@@H](O)C[C@@]67C[C@H](C6=C(CCCO)NC(N)C=C6)C=C[C@H](C[C@]34C3CCCCC3)[C@@H]57)O[C@@H]2CC1. The number of hydrogen-bond acceptors (Lipinski definition) is 12. The summed E-state index contributed by atoms with van der Waals surface area (Å²) in [5.41, 5.74) is 4.33. The monoisotopic (exact) mass is 920 g/mol. The zero-order chi connectivity index (χ0) is 46.9. The number of nitrogens with two attached hydrogens (primary N) is 1. The normalized spacial score (nSPS) is 45.5. The van der Waals surface area contributed by atoms with Crippen molar-refractivity contribution in [2.24, 2.45) is 69.8 Å². The predicted octanol–water partition coefficient (Wildman–Crippen LogP) is 5.42. The van der Waals surface area contributed by atoms with Crippen molar-refractivity contribution in [3.63, 3.8) is 0 Å². The van der Waals surface area contributed by atoms with E-state index in [-0.39, 0.29) is 67.7 Å².